The van der Waals surface area contributed by atoms with Crippen molar-refractivity contribution in [2.24, 2.45) is 0 Å². The molecule has 164 valence electrons. The molecule has 2 aliphatic rings. The topological polar surface area (TPSA) is 92.9 Å². The quantitative estimate of drug-likeness (QED) is 0.545. The standard InChI is InChI=1S/C23H31N7O/c1-3-6-16(11-15-12-24-20-8-5-4-7-19(15)20)25-22(31)21-26-23(28-27-21)30-13-17-9-10-18(14-30)29(17)2/h4-5,7-8,12,16-18,24H,3,6,9-11,13-14H2,1-2H3,(H,25,31)(H,26,27,28). The summed E-state index contributed by atoms with van der Waals surface area (Å²) in [6, 6.07) is 9.45. The van der Waals surface area contributed by atoms with E-state index in [1.165, 1.54) is 23.8 Å². The van der Waals surface area contributed by atoms with Gasteiger partial charge in [0.1, 0.15) is 0 Å². The molecular weight excluding hydrogens is 390 g/mol. The maximum Gasteiger partial charge on any atom is 0.289 e. The number of nitrogens with zero attached hydrogens (tertiary/aromatic N) is 4. The van der Waals surface area contributed by atoms with Gasteiger partial charge in [-0.05, 0) is 44.4 Å². The van der Waals surface area contributed by atoms with Crippen LogP contribution in [0.1, 0.15) is 48.8 Å². The molecule has 3 unspecified atom stereocenters. The van der Waals surface area contributed by atoms with E-state index in [0.29, 0.717) is 23.9 Å². The van der Waals surface area contributed by atoms with Crippen LogP contribution in [0.3, 0.4) is 0 Å². The zero-order chi connectivity index (χ0) is 21.4. The van der Waals surface area contributed by atoms with Gasteiger partial charge in [-0.1, -0.05) is 31.5 Å². The van der Waals surface area contributed by atoms with Gasteiger partial charge in [0.2, 0.25) is 11.8 Å². The predicted molar refractivity (Wildman–Crippen MR) is 121 cm³/mol. The van der Waals surface area contributed by atoms with Gasteiger partial charge in [0.05, 0.1) is 0 Å². The van der Waals surface area contributed by atoms with Crippen LogP contribution in [0.2, 0.25) is 0 Å². The first-order chi connectivity index (χ1) is 15.1. The molecule has 2 aromatic heterocycles. The number of benzene rings is 1. The van der Waals surface area contributed by atoms with Crippen LogP contribution >= 0.6 is 0 Å². The number of fused-ring (bicyclic) bond motifs is 3. The largest absolute Gasteiger partial charge is 0.361 e. The summed E-state index contributed by atoms with van der Waals surface area (Å²) >= 11 is 0. The number of aromatic nitrogens is 4. The highest BCUT2D eigenvalue weighted by atomic mass is 16.2. The third-order valence-electron chi connectivity index (χ3n) is 6.95. The Morgan fingerprint density at radius 3 is 2.77 bits per heavy atom. The van der Waals surface area contributed by atoms with Crippen LogP contribution in [0.25, 0.3) is 10.9 Å². The van der Waals surface area contributed by atoms with Gasteiger partial charge < -0.3 is 20.2 Å². The highest BCUT2D eigenvalue weighted by molar-refractivity contribution is 5.91. The summed E-state index contributed by atoms with van der Waals surface area (Å²) in [6.07, 6.45) is 7.20. The number of carbonyl (C=O) groups excluding carboxylic acids is 1. The Morgan fingerprint density at radius 2 is 2.00 bits per heavy atom. The van der Waals surface area contributed by atoms with Gasteiger partial charge in [-0.3, -0.25) is 9.69 Å². The molecule has 8 nitrogen and oxygen atoms in total. The highest BCUT2D eigenvalue weighted by Gasteiger charge is 2.38. The van der Waals surface area contributed by atoms with Crippen molar-refractivity contribution < 1.29 is 4.79 Å². The van der Waals surface area contributed by atoms with Gasteiger partial charge in [0.15, 0.2) is 0 Å². The average molecular weight is 422 g/mol. The molecule has 2 bridgehead atoms. The lowest BCUT2D eigenvalue weighted by Gasteiger charge is -2.38. The van der Waals surface area contributed by atoms with E-state index in [9.17, 15) is 4.79 Å². The molecule has 3 N–H and O–H groups in total. The summed E-state index contributed by atoms with van der Waals surface area (Å²) in [6.45, 7) is 4.01. The Kier molecular flexibility index (Phi) is 5.40. The lowest BCUT2D eigenvalue weighted by Crippen LogP contribution is -2.52. The van der Waals surface area contributed by atoms with Crippen molar-refractivity contribution in [1.82, 2.24) is 30.4 Å². The zero-order valence-corrected chi connectivity index (χ0v) is 18.3. The van der Waals surface area contributed by atoms with E-state index in [2.05, 4.69) is 61.4 Å². The molecular formula is C23H31N7O. The van der Waals surface area contributed by atoms with E-state index in [-0.39, 0.29) is 11.9 Å². The first-order valence-corrected chi connectivity index (χ1v) is 11.4. The van der Waals surface area contributed by atoms with E-state index in [1.807, 2.05) is 18.3 Å². The molecule has 0 saturated carbocycles. The molecule has 1 aromatic carbocycles. The first kappa shape index (κ1) is 20.1. The molecule has 2 fully saturated rings. The molecule has 0 radical (unpaired) electrons. The van der Waals surface area contributed by atoms with Gasteiger partial charge in [0, 0.05) is 48.3 Å². The van der Waals surface area contributed by atoms with Crippen LogP contribution in [-0.2, 0) is 6.42 Å². The second-order valence-electron chi connectivity index (χ2n) is 8.98. The minimum atomic E-state index is -0.186. The van der Waals surface area contributed by atoms with Gasteiger partial charge in [-0.25, -0.2) is 0 Å². The van der Waals surface area contributed by atoms with Crippen LogP contribution in [-0.4, -0.2) is 69.2 Å². The number of piperazine rings is 1. The number of hydrogen-bond acceptors (Lipinski definition) is 5. The lowest BCUT2D eigenvalue weighted by atomic mass is 10.0. The number of carbonyl (C=O) groups is 1. The second kappa shape index (κ2) is 8.34. The number of anilines is 1. The Bertz CT molecular complexity index is 1040. The third-order valence-corrected chi connectivity index (χ3v) is 6.95. The Labute approximate surface area is 182 Å². The van der Waals surface area contributed by atoms with Crippen molar-refractivity contribution in [2.75, 3.05) is 25.0 Å². The fraction of sp³-hybridized carbons (Fsp3) is 0.522. The molecule has 1 amide bonds. The fourth-order valence-corrected chi connectivity index (χ4v) is 5.18. The molecule has 0 spiro atoms. The van der Waals surface area contributed by atoms with E-state index in [4.69, 9.17) is 0 Å². The number of H-pyrrole nitrogens is 2. The molecule has 0 aliphatic carbocycles. The van der Waals surface area contributed by atoms with E-state index in [1.54, 1.807) is 0 Å². The first-order valence-electron chi connectivity index (χ1n) is 11.4. The minimum Gasteiger partial charge on any atom is -0.361 e. The molecule has 2 saturated heterocycles. The number of rotatable bonds is 7. The number of para-hydroxylation sites is 1. The maximum absolute atomic E-state index is 12.9. The van der Waals surface area contributed by atoms with Gasteiger partial charge in [0.25, 0.3) is 5.91 Å². The van der Waals surface area contributed by atoms with Crippen LogP contribution < -0.4 is 10.2 Å². The molecule has 3 atom stereocenters. The highest BCUT2D eigenvalue weighted by Crippen LogP contribution is 2.30. The minimum absolute atomic E-state index is 0.0461. The van der Waals surface area contributed by atoms with Gasteiger partial charge >= 0.3 is 0 Å². The van der Waals surface area contributed by atoms with Crippen LogP contribution in [0, 0.1) is 0 Å². The number of likely N-dealkylation sites (N-methyl/N-ethyl adjacent to an activating group) is 1. The maximum atomic E-state index is 12.9. The predicted octanol–water partition coefficient (Wildman–Crippen LogP) is 2.71. The number of nitrogens with one attached hydrogen (secondary N) is 3. The zero-order valence-electron chi connectivity index (χ0n) is 18.3. The molecule has 5 rings (SSSR count). The Balaban J connectivity index is 1.26. The molecule has 4 heterocycles. The summed E-state index contributed by atoms with van der Waals surface area (Å²) in [7, 11) is 2.21. The van der Waals surface area contributed by atoms with Crippen LogP contribution in [0.15, 0.2) is 30.5 Å². The van der Waals surface area contributed by atoms with Crippen molar-refractivity contribution in [2.45, 2.75) is 57.2 Å². The smallest absolute Gasteiger partial charge is 0.289 e. The summed E-state index contributed by atoms with van der Waals surface area (Å²) in [4.78, 5) is 24.1. The SMILES string of the molecule is CCCC(Cc1c[nH]c2ccccc12)NC(=O)c1nnc(N2CC3CCC(C2)N3C)[nH]1. The molecule has 8 heteroatoms. The van der Waals surface area contributed by atoms with Crippen molar-refractivity contribution in [3.05, 3.63) is 41.9 Å². The molecule has 31 heavy (non-hydrogen) atoms. The summed E-state index contributed by atoms with van der Waals surface area (Å²) in [5, 5.41) is 12.8. The summed E-state index contributed by atoms with van der Waals surface area (Å²) in [5.41, 5.74) is 2.35. The van der Waals surface area contributed by atoms with Crippen molar-refractivity contribution in [3.63, 3.8) is 0 Å². The number of aromatic amines is 2. The lowest BCUT2D eigenvalue weighted by molar-refractivity contribution is 0.0924. The number of hydrogen-bond donors (Lipinski definition) is 3. The van der Waals surface area contributed by atoms with Crippen LogP contribution in [0.5, 0.6) is 0 Å². The third kappa shape index (κ3) is 3.92. The van der Waals surface area contributed by atoms with Gasteiger partial charge in [-0.2, -0.15) is 0 Å². The summed E-state index contributed by atoms with van der Waals surface area (Å²) < 4.78 is 0. The molecule has 2 aliphatic heterocycles. The second-order valence-corrected chi connectivity index (χ2v) is 8.98. The summed E-state index contributed by atoms with van der Waals surface area (Å²) in [5.74, 6) is 0.814. The van der Waals surface area contributed by atoms with Crippen molar-refractivity contribution in [3.8, 4) is 0 Å². The van der Waals surface area contributed by atoms with Crippen molar-refractivity contribution >= 4 is 22.8 Å². The monoisotopic (exact) mass is 421 g/mol. The van der Waals surface area contributed by atoms with Gasteiger partial charge in [-0.15, -0.1) is 10.2 Å². The van der Waals surface area contributed by atoms with Crippen molar-refractivity contribution in [1.29, 1.82) is 0 Å². The van der Waals surface area contributed by atoms with E-state index in [0.717, 1.165) is 37.9 Å². The molecule has 3 aromatic rings. The van der Waals surface area contributed by atoms with Crippen LogP contribution in [0.4, 0.5) is 5.95 Å². The average Bonchev–Trinajstić information content (AvgIpc) is 3.45. The Morgan fingerprint density at radius 1 is 1.23 bits per heavy atom. The Hall–Kier alpha value is -2.87. The normalized spacial score (nSPS) is 22.2. The van der Waals surface area contributed by atoms with E-state index < -0.39 is 0 Å². The van der Waals surface area contributed by atoms with E-state index >= 15 is 0 Å². The number of amides is 1. The fourth-order valence-electron chi connectivity index (χ4n) is 5.18.